The van der Waals surface area contributed by atoms with E-state index < -0.39 is 5.60 Å². The Hall–Kier alpha value is -1.63. The van der Waals surface area contributed by atoms with Crippen molar-refractivity contribution in [3.05, 3.63) is 16.1 Å². The van der Waals surface area contributed by atoms with E-state index in [1.165, 1.54) is 4.88 Å². The van der Waals surface area contributed by atoms with Gasteiger partial charge < -0.3 is 14.5 Å². The molecule has 0 saturated carbocycles. The van der Waals surface area contributed by atoms with Crippen molar-refractivity contribution < 1.29 is 14.3 Å². The molecule has 2 aliphatic rings. The van der Waals surface area contributed by atoms with Gasteiger partial charge in [0.15, 0.2) is 0 Å². The van der Waals surface area contributed by atoms with E-state index in [1.807, 2.05) is 31.9 Å². The first-order valence-corrected chi connectivity index (χ1v) is 10.2. The van der Waals surface area contributed by atoms with Gasteiger partial charge >= 0.3 is 6.09 Å². The van der Waals surface area contributed by atoms with Gasteiger partial charge in [-0.15, -0.1) is 11.3 Å². The fourth-order valence-corrected chi connectivity index (χ4v) is 4.58. The van der Waals surface area contributed by atoms with Gasteiger partial charge in [0.25, 0.3) is 0 Å². The van der Waals surface area contributed by atoms with E-state index in [4.69, 9.17) is 4.74 Å². The highest BCUT2D eigenvalue weighted by Crippen LogP contribution is 2.41. The molecule has 7 heteroatoms. The van der Waals surface area contributed by atoms with E-state index >= 15 is 0 Å². The first kappa shape index (κ1) is 19.1. The second-order valence-corrected chi connectivity index (χ2v) is 9.67. The summed E-state index contributed by atoms with van der Waals surface area (Å²) in [5.74, 6) is 0.212. The number of likely N-dealkylation sites (tertiary alicyclic amines) is 2. The number of carbonyl (C=O) groups is 2. The zero-order chi connectivity index (χ0) is 18.9. The Labute approximate surface area is 159 Å². The van der Waals surface area contributed by atoms with Crippen molar-refractivity contribution in [3.63, 3.8) is 0 Å². The predicted octanol–water partition coefficient (Wildman–Crippen LogP) is 3.46. The van der Waals surface area contributed by atoms with Crippen LogP contribution in [0.5, 0.6) is 0 Å². The lowest BCUT2D eigenvalue weighted by atomic mass is 9.78. The van der Waals surface area contributed by atoms with Gasteiger partial charge in [0.05, 0.1) is 6.54 Å². The highest BCUT2D eigenvalue weighted by Gasteiger charge is 2.45. The summed E-state index contributed by atoms with van der Waals surface area (Å²) >= 11 is 1.69. The fourth-order valence-electron chi connectivity index (χ4n) is 3.70. The molecule has 2 fully saturated rings. The third-order valence-electron chi connectivity index (χ3n) is 5.16. The van der Waals surface area contributed by atoms with E-state index in [-0.39, 0.29) is 17.4 Å². The van der Waals surface area contributed by atoms with Crippen molar-refractivity contribution in [2.24, 2.45) is 5.41 Å². The monoisotopic (exact) mass is 379 g/mol. The minimum Gasteiger partial charge on any atom is -0.444 e. The van der Waals surface area contributed by atoms with Gasteiger partial charge in [-0.25, -0.2) is 9.78 Å². The number of aromatic nitrogens is 1. The minimum absolute atomic E-state index is 0.000438. The van der Waals surface area contributed by atoms with Gasteiger partial charge in [-0.1, -0.05) is 6.92 Å². The molecule has 2 amide bonds. The number of aryl methyl sites for hydroxylation is 1. The summed E-state index contributed by atoms with van der Waals surface area (Å²) in [5, 5.41) is 1.01. The maximum Gasteiger partial charge on any atom is 0.410 e. The van der Waals surface area contributed by atoms with Crippen LogP contribution in [0.3, 0.4) is 0 Å². The Bertz CT molecular complexity index is 672. The number of ether oxygens (including phenoxy) is 1. The van der Waals surface area contributed by atoms with Crippen LogP contribution in [-0.4, -0.2) is 52.0 Å². The lowest BCUT2D eigenvalue weighted by Crippen LogP contribution is -2.46. The Balaban J connectivity index is 1.56. The molecule has 1 spiro atoms. The predicted molar refractivity (Wildman–Crippen MR) is 101 cm³/mol. The summed E-state index contributed by atoms with van der Waals surface area (Å²) in [5.41, 5.74) is -0.474. The van der Waals surface area contributed by atoms with Crippen molar-refractivity contribution in [2.45, 2.75) is 65.5 Å². The number of piperidine rings is 1. The van der Waals surface area contributed by atoms with Crippen LogP contribution in [0.15, 0.2) is 6.20 Å². The molecule has 1 aromatic heterocycles. The number of hydrogen-bond donors (Lipinski definition) is 0. The molecule has 2 aliphatic heterocycles. The average Bonchev–Trinajstić information content (AvgIpc) is 3.12. The Kier molecular flexibility index (Phi) is 5.28. The van der Waals surface area contributed by atoms with Gasteiger partial charge in [-0.3, -0.25) is 4.79 Å². The lowest BCUT2D eigenvalue weighted by molar-refractivity contribution is -0.128. The molecule has 0 radical (unpaired) electrons. The summed E-state index contributed by atoms with van der Waals surface area (Å²) in [6.45, 7) is 10.5. The smallest absolute Gasteiger partial charge is 0.410 e. The molecular formula is C19H29N3O3S. The van der Waals surface area contributed by atoms with Crippen LogP contribution in [0.2, 0.25) is 0 Å². The molecule has 3 rings (SSSR count). The molecule has 0 atom stereocenters. The quantitative estimate of drug-likeness (QED) is 0.807. The van der Waals surface area contributed by atoms with E-state index in [1.54, 1.807) is 16.2 Å². The summed E-state index contributed by atoms with van der Waals surface area (Å²) in [4.78, 5) is 34.2. The molecule has 0 aliphatic carbocycles. The molecule has 0 bridgehead atoms. The molecule has 0 aromatic carbocycles. The van der Waals surface area contributed by atoms with Crippen molar-refractivity contribution in [3.8, 4) is 0 Å². The van der Waals surface area contributed by atoms with Crippen molar-refractivity contribution in [1.82, 2.24) is 14.8 Å². The van der Waals surface area contributed by atoms with Gasteiger partial charge in [0, 0.05) is 42.5 Å². The number of amides is 2. The Morgan fingerprint density at radius 3 is 2.62 bits per heavy atom. The number of hydrogen-bond acceptors (Lipinski definition) is 5. The maximum atomic E-state index is 12.5. The van der Waals surface area contributed by atoms with Crippen LogP contribution in [0.4, 0.5) is 4.79 Å². The van der Waals surface area contributed by atoms with Crippen LogP contribution < -0.4 is 0 Å². The van der Waals surface area contributed by atoms with Gasteiger partial charge in [-0.05, 0) is 40.0 Å². The maximum absolute atomic E-state index is 12.5. The molecule has 3 heterocycles. The molecule has 6 nitrogen and oxygen atoms in total. The molecule has 0 N–H and O–H groups in total. The SMILES string of the molecule is CCc1cnc(CN2CC3(CCN(C(=O)OC(C)(C)C)CC3)CC2=O)s1. The molecule has 2 saturated heterocycles. The third-order valence-corrected chi connectivity index (χ3v) is 6.28. The lowest BCUT2D eigenvalue weighted by Gasteiger charge is -2.39. The normalized spacial score (nSPS) is 20.1. The highest BCUT2D eigenvalue weighted by molar-refractivity contribution is 7.11. The standard InChI is InChI=1S/C19H29N3O3S/c1-5-14-11-20-15(26-14)12-22-13-19(10-16(22)23)6-8-21(9-7-19)17(24)25-18(2,3)4/h11H,5-10,12-13H2,1-4H3. The van der Waals surface area contributed by atoms with Crippen LogP contribution in [0.1, 0.15) is 56.8 Å². The van der Waals surface area contributed by atoms with E-state index in [9.17, 15) is 9.59 Å². The summed E-state index contributed by atoms with van der Waals surface area (Å²) < 4.78 is 5.47. The molecule has 26 heavy (non-hydrogen) atoms. The van der Waals surface area contributed by atoms with Gasteiger partial charge in [0.1, 0.15) is 10.6 Å². The largest absolute Gasteiger partial charge is 0.444 e. The first-order valence-electron chi connectivity index (χ1n) is 9.39. The average molecular weight is 380 g/mol. The summed E-state index contributed by atoms with van der Waals surface area (Å²) in [7, 11) is 0. The minimum atomic E-state index is -0.475. The summed E-state index contributed by atoms with van der Waals surface area (Å²) in [6, 6.07) is 0. The number of thiazole rings is 1. The number of carbonyl (C=O) groups excluding carboxylic acids is 2. The molecule has 0 unspecified atom stereocenters. The first-order chi connectivity index (χ1) is 12.2. The van der Waals surface area contributed by atoms with Crippen LogP contribution in [-0.2, 0) is 22.5 Å². The Morgan fingerprint density at radius 1 is 1.35 bits per heavy atom. The second-order valence-electron chi connectivity index (χ2n) is 8.47. The van der Waals surface area contributed by atoms with Crippen molar-refractivity contribution >= 4 is 23.3 Å². The van der Waals surface area contributed by atoms with Crippen LogP contribution in [0.25, 0.3) is 0 Å². The summed E-state index contributed by atoms with van der Waals surface area (Å²) in [6.07, 6.45) is 4.94. The van der Waals surface area contributed by atoms with E-state index in [0.717, 1.165) is 30.8 Å². The molecule has 1 aromatic rings. The zero-order valence-corrected chi connectivity index (χ0v) is 17.0. The van der Waals surface area contributed by atoms with Gasteiger partial charge in [0.2, 0.25) is 5.91 Å². The number of nitrogens with zero attached hydrogens (tertiary/aromatic N) is 3. The zero-order valence-electron chi connectivity index (χ0n) is 16.2. The fraction of sp³-hybridized carbons (Fsp3) is 0.737. The second kappa shape index (κ2) is 7.18. The van der Waals surface area contributed by atoms with Crippen LogP contribution in [0, 0.1) is 5.41 Å². The van der Waals surface area contributed by atoms with Crippen molar-refractivity contribution in [2.75, 3.05) is 19.6 Å². The van der Waals surface area contributed by atoms with E-state index in [0.29, 0.717) is 26.1 Å². The third kappa shape index (κ3) is 4.37. The van der Waals surface area contributed by atoms with Crippen LogP contribution >= 0.6 is 11.3 Å². The molecule has 144 valence electrons. The highest BCUT2D eigenvalue weighted by atomic mass is 32.1. The topological polar surface area (TPSA) is 62.7 Å². The number of rotatable bonds is 3. The van der Waals surface area contributed by atoms with Gasteiger partial charge in [-0.2, -0.15) is 0 Å². The Morgan fingerprint density at radius 2 is 2.04 bits per heavy atom. The molecular weight excluding hydrogens is 350 g/mol. The van der Waals surface area contributed by atoms with E-state index in [2.05, 4.69) is 11.9 Å². The van der Waals surface area contributed by atoms with Crippen molar-refractivity contribution in [1.29, 1.82) is 0 Å².